The fourth-order valence-electron chi connectivity index (χ4n) is 2.86. The number of fused-ring (bicyclic) bond motifs is 1. The molecule has 0 aliphatic heterocycles. The molecule has 1 aliphatic rings. The average Bonchev–Trinajstić information content (AvgIpc) is 3.02. The number of Topliss-reactive ketones (excluding diaryl/α,β-unsaturated/α-hetero) is 1. The zero-order chi connectivity index (χ0) is 17.6. The van der Waals surface area contributed by atoms with Crippen molar-refractivity contribution in [3.05, 3.63) is 39.0 Å². The molecule has 0 atom stereocenters. The molecule has 0 bridgehead atoms. The Bertz CT molecular complexity index is 865. The van der Waals surface area contributed by atoms with Gasteiger partial charge in [0.1, 0.15) is 12.0 Å². The maximum atomic E-state index is 12.4. The summed E-state index contributed by atoms with van der Waals surface area (Å²) in [5, 5.41) is 13.1. The van der Waals surface area contributed by atoms with Gasteiger partial charge in [-0.15, -0.1) is 0 Å². The summed E-state index contributed by atoms with van der Waals surface area (Å²) >= 11 is 0.754. The molecule has 0 saturated heterocycles. The van der Waals surface area contributed by atoms with Crippen LogP contribution in [0.3, 0.4) is 0 Å². The van der Waals surface area contributed by atoms with Crippen LogP contribution in [-0.4, -0.2) is 21.6 Å². The molecule has 1 amide bonds. The summed E-state index contributed by atoms with van der Waals surface area (Å²) in [5.41, 5.74) is 0.761. The van der Waals surface area contributed by atoms with E-state index in [1.807, 2.05) is 13.8 Å². The molecule has 24 heavy (non-hydrogen) atoms. The summed E-state index contributed by atoms with van der Waals surface area (Å²) in [6.45, 7) is 5.61. The topological polar surface area (TPSA) is 115 Å². The van der Waals surface area contributed by atoms with Crippen molar-refractivity contribution in [2.45, 2.75) is 33.6 Å². The van der Waals surface area contributed by atoms with Crippen molar-refractivity contribution < 1.29 is 18.9 Å². The first-order valence-electron chi connectivity index (χ1n) is 7.25. The minimum absolute atomic E-state index is 0.0357. The molecule has 8 nitrogen and oxygen atoms in total. The highest BCUT2D eigenvalue weighted by Gasteiger charge is 2.37. The third-order valence-corrected chi connectivity index (χ3v) is 4.74. The lowest BCUT2D eigenvalue weighted by Gasteiger charge is -2.27. The Morgan fingerprint density at radius 1 is 1.46 bits per heavy atom. The number of hydrogen-bond acceptors (Lipinski definition) is 7. The van der Waals surface area contributed by atoms with Crippen molar-refractivity contribution in [2.75, 3.05) is 5.32 Å². The normalized spacial score (nSPS) is 15.9. The summed E-state index contributed by atoms with van der Waals surface area (Å²) < 4.78 is 5.64. The molecular weight excluding hydrogens is 334 g/mol. The van der Waals surface area contributed by atoms with Crippen molar-refractivity contribution >= 4 is 33.2 Å². The third-order valence-electron chi connectivity index (χ3n) is 3.88. The molecule has 0 aromatic carbocycles. The van der Waals surface area contributed by atoms with Gasteiger partial charge in [0, 0.05) is 18.4 Å². The first kappa shape index (κ1) is 16.3. The minimum atomic E-state index is -0.578. The van der Waals surface area contributed by atoms with E-state index in [9.17, 15) is 19.7 Å². The first-order chi connectivity index (χ1) is 11.2. The van der Waals surface area contributed by atoms with Crippen LogP contribution in [0.2, 0.25) is 0 Å². The van der Waals surface area contributed by atoms with Crippen LogP contribution < -0.4 is 5.32 Å². The Kier molecular flexibility index (Phi) is 3.75. The molecule has 0 radical (unpaired) electrons. The van der Waals surface area contributed by atoms with Crippen LogP contribution in [0.25, 0.3) is 0 Å². The zero-order valence-corrected chi connectivity index (χ0v) is 14.2. The average molecular weight is 349 g/mol. The summed E-state index contributed by atoms with van der Waals surface area (Å²) in [7, 11) is 0. The molecule has 0 saturated carbocycles. The third kappa shape index (κ3) is 2.82. The maximum absolute atomic E-state index is 12.4. The number of carbonyl (C=O) groups excluding carboxylic acids is 2. The second-order valence-electron chi connectivity index (χ2n) is 6.51. The Hall–Kier alpha value is -2.55. The van der Waals surface area contributed by atoms with Gasteiger partial charge in [0.25, 0.3) is 5.91 Å². The Balaban J connectivity index is 1.88. The SMILES string of the molecule is Cc1c(C(=O)Nc2ncc([N+](=O)[O-])s2)oc2c1C(=O)CC(C)(C)C2. The fourth-order valence-corrected chi connectivity index (χ4v) is 3.49. The lowest BCUT2D eigenvalue weighted by Crippen LogP contribution is -2.26. The molecule has 0 fully saturated rings. The smallest absolute Gasteiger partial charge is 0.345 e. The highest BCUT2D eigenvalue weighted by atomic mass is 32.1. The summed E-state index contributed by atoms with van der Waals surface area (Å²) in [5.74, 6) is -0.0453. The highest BCUT2D eigenvalue weighted by Crippen LogP contribution is 2.38. The molecule has 2 heterocycles. The van der Waals surface area contributed by atoms with Gasteiger partial charge in [-0.2, -0.15) is 0 Å². The van der Waals surface area contributed by atoms with E-state index >= 15 is 0 Å². The quantitative estimate of drug-likeness (QED) is 0.671. The molecule has 1 aliphatic carbocycles. The number of thiazole rings is 1. The molecule has 9 heteroatoms. The van der Waals surface area contributed by atoms with Gasteiger partial charge in [0.05, 0.1) is 10.5 Å². The number of ketones is 1. The largest absolute Gasteiger partial charge is 0.455 e. The fraction of sp³-hybridized carbons (Fsp3) is 0.400. The van der Waals surface area contributed by atoms with E-state index in [-0.39, 0.29) is 27.1 Å². The van der Waals surface area contributed by atoms with Crippen LogP contribution in [-0.2, 0) is 6.42 Å². The molecule has 1 N–H and O–H groups in total. The van der Waals surface area contributed by atoms with Crippen molar-refractivity contribution in [3.8, 4) is 0 Å². The Labute approximate surface area is 141 Å². The number of nitrogens with one attached hydrogen (secondary N) is 1. The van der Waals surface area contributed by atoms with Gasteiger partial charge in [-0.25, -0.2) is 4.98 Å². The van der Waals surface area contributed by atoms with Crippen molar-refractivity contribution in [1.82, 2.24) is 4.98 Å². The van der Waals surface area contributed by atoms with Crippen molar-refractivity contribution in [1.29, 1.82) is 0 Å². The number of furan rings is 1. The molecule has 0 unspecified atom stereocenters. The molecule has 3 rings (SSSR count). The number of carbonyl (C=O) groups is 2. The van der Waals surface area contributed by atoms with Gasteiger partial charge >= 0.3 is 5.00 Å². The summed E-state index contributed by atoms with van der Waals surface area (Å²) in [4.78, 5) is 38.6. The van der Waals surface area contributed by atoms with Gasteiger partial charge in [0.15, 0.2) is 16.7 Å². The summed E-state index contributed by atoms with van der Waals surface area (Å²) in [6, 6.07) is 0. The predicted molar refractivity (Wildman–Crippen MR) is 86.6 cm³/mol. The first-order valence-corrected chi connectivity index (χ1v) is 8.06. The molecule has 2 aromatic rings. The molecule has 0 spiro atoms. The Morgan fingerprint density at radius 2 is 2.17 bits per heavy atom. The van der Waals surface area contributed by atoms with E-state index < -0.39 is 10.8 Å². The minimum Gasteiger partial charge on any atom is -0.455 e. The second-order valence-corrected chi connectivity index (χ2v) is 7.52. The Morgan fingerprint density at radius 3 is 2.79 bits per heavy atom. The van der Waals surface area contributed by atoms with E-state index in [2.05, 4.69) is 10.3 Å². The van der Waals surface area contributed by atoms with E-state index in [4.69, 9.17) is 4.42 Å². The van der Waals surface area contributed by atoms with E-state index in [0.29, 0.717) is 29.7 Å². The van der Waals surface area contributed by atoms with E-state index in [1.165, 1.54) is 0 Å². The van der Waals surface area contributed by atoms with Crippen LogP contribution in [0.4, 0.5) is 10.1 Å². The number of amides is 1. The number of nitro groups is 1. The van der Waals surface area contributed by atoms with Crippen molar-refractivity contribution in [2.24, 2.45) is 5.41 Å². The number of hydrogen-bond donors (Lipinski definition) is 1. The van der Waals surface area contributed by atoms with Gasteiger partial charge < -0.3 is 4.42 Å². The monoisotopic (exact) mass is 349 g/mol. The molecule has 126 valence electrons. The number of anilines is 1. The van der Waals surface area contributed by atoms with Crippen LogP contribution in [0.1, 0.15) is 52.5 Å². The standard InChI is InChI=1S/C15H15N3O5S/c1-7-11-8(19)4-15(2,3)5-9(11)23-12(7)13(20)17-14-16-6-10(24-14)18(21)22/h6H,4-5H2,1-3H3,(H,16,17,20). The van der Waals surface area contributed by atoms with Crippen LogP contribution >= 0.6 is 11.3 Å². The molecular formula is C15H15N3O5S. The van der Waals surface area contributed by atoms with E-state index in [0.717, 1.165) is 17.5 Å². The maximum Gasteiger partial charge on any atom is 0.345 e. The van der Waals surface area contributed by atoms with Gasteiger partial charge in [-0.1, -0.05) is 13.8 Å². The van der Waals surface area contributed by atoms with Crippen molar-refractivity contribution in [3.63, 3.8) is 0 Å². The predicted octanol–water partition coefficient (Wildman–Crippen LogP) is 3.36. The van der Waals surface area contributed by atoms with Crippen LogP contribution in [0.15, 0.2) is 10.6 Å². The summed E-state index contributed by atoms with van der Waals surface area (Å²) in [6.07, 6.45) is 2.05. The lowest BCUT2D eigenvalue weighted by atomic mass is 9.76. The van der Waals surface area contributed by atoms with Crippen LogP contribution in [0.5, 0.6) is 0 Å². The second kappa shape index (κ2) is 5.52. The van der Waals surface area contributed by atoms with Gasteiger partial charge in [-0.05, 0) is 23.7 Å². The van der Waals surface area contributed by atoms with Gasteiger partial charge in [0.2, 0.25) is 0 Å². The number of aromatic nitrogens is 1. The lowest BCUT2D eigenvalue weighted by molar-refractivity contribution is -0.380. The van der Waals surface area contributed by atoms with Crippen LogP contribution in [0, 0.1) is 22.5 Å². The number of nitrogens with zero attached hydrogens (tertiary/aromatic N) is 2. The van der Waals surface area contributed by atoms with Gasteiger partial charge in [-0.3, -0.25) is 25.0 Å². The molecule has 2 aromatic heterocycles. The number of rotatable bonds is 3. The zero-order valence-electron chi connectivity index (χ0n) is 13.3. The highest BCUT2D eigenvalue weighted by molar-refractivity contribution is 7.18. The van der Waals surface area contributed by atoms with E-state index in [1.54, 1.807) is 6.92 Å².